The first-order chi connectivity index (χ1) is 13.0. The molecule has 0 aliphatic carbocycles. The van der Waals surface area contributed by atoms with Crippen LogP contribution < -0.4 is 4.74 Å². The van der Waals surface area contributed by atoms with Crippen molar-refractivity contribution in [1.29, 1.82) is 0 Å². The Morgan fingerprint density at radius 2 is 1.78 bits per heavy atom. The van der Waals surface area contributed by atoms with Gasteiger partial charge < -0.3 is 9.84 Å². The van der Waals surface area contributed by atoms with E-state index in [4.69, 9.17) is 27.9 Å². The topological polar surface area (TPSA) is 71.4 Å². The smallest absolute Gasteiger partial charge is 0.335 e. The number of hydrogen-bond acceptors (Lipinski definition) is 6. The second-order valence-corrected chi connectivity index (χ2v) is 6.80. The Hall–Kier alpha value is -2.41. The maximum Gasteiger partial charge on any atom is 0.335 e. The Balaban J connectivity index is 1.53. The molecule has 0 aliphatic heterocycles. The number of halogens is 2. The van der Waals surface area contributed by atoms with E-state index in [9.17, 15) is 5.11 Å². The molecular weight excluding hydrogens is 387 g/mol. The Morgan fingerprint density at radius 1 is 1.07 bits per heavy atom. The minimum atomic E-state index is -0.164. The summed E-state index contributed by atoms with van der Waals surface area (Å²) in [6.45, 7) is 2.01. The number of rotatable bonds is 7. The molecule has 0 unspecified atom stereocenters. The first-order valence-electron chi connectivity index (χ1n) is 8.26. The summed E-state index contributed by atoms with van der Waals surface area (Å²) in [7, 11) is 2.02. The molecule has 3 rings (SSSR count). The molecular formula is C19H18Cl2N4O2. The molecule has 140 valence electrons. The van der Waals surface area contributed by atoms with E-state index < -0.39 is 0 Å². The molecule has 0 saturated carbocycles. The van der Waals surface area contributed by atoms with Crippen molar-refractivity contribution in [3.05, 3.63) is 64.3 Å². The zero-order valence-corrected chi connectivity index (χ0v) is 16.2. The Labute approximate surface area is 167 Å². The first-order valence-corrected chi connectivity index (χ1v) is 9.02. The molecule has 0 atom stereocenters. The second kappa shape index (κ2) is 8.99. The van der Waals surface area contributed by atoms with Crippen molar-refractivity contribution in [1.82, 2.24) is 20.1 Å². The summed E-state index contributed by atoms with van der Waals surface area (Å²) in [6.07, 6.45) is 1.52. The zero-order valence-electron chi connectivity index (χ0n) is 14.6. The van der Waals surface area contributed by atoms with Crippen LogP contribution in [-0.4, -0.2) is 45.4 Å². The molecule has 1 aromatic heterocycles. The van der Waals surface area contributed by atoms with Gasteiger partial charge in [-0.15, -0.1) is 5.10 Å². The molecule has 27 heavy (non-hydrogen) atoms. The lowest BCUT2D eigenvalue weighted by Crippen LogP contribution is -2.24. The van der Waals surface area contributed by atoms with E-state index in [2.05, 4.69) is 32.2 Å². The largest absolute Gasteiger partial charge is 0.505 e. The fraction of sp³-hybridized carbons (Fsp3) is 0.211. The maximum absolute atomic E-state index is 9.62. The molecule has 0 amide bonds. The van der Waals surface area contributed by atoms with Gasteiger partial charge in [-0.1, -0.05) is 58.6 Å². The van der Waals surface area contributed by atoms with Gasteiger partial charge in [0.25, 0.3) is 0 Å². The van der Waals surface area contributed by atoms with E-state index in [1.165, 1.54) is 11.8 Å². The molecule has 0 bridgehead atoms. The molecule has 0 fully saturated rings. The zero-order chi connectivity index (χ0) is 19.2. The number of phenolic OH excluding ortho intramolecular Hbond substituents is 1. The monoisotopic (exact) mass is 404 g/mol. The minimum Gasteiger partial charge on any atom is -0.505 e. The summed E-state index contributed by atoms with van der Waals surface area (Å²) < 4.78 is 5.55. The number of hydrogen-bond donors (Lipinski definition) is 1. The molecule has 2 aromatic carbocycles. The highest BCUT2D eigenvalue weighted by atomic mass is 35.5. The van der Waals surface area contributed by atoms with Crippen molar-refractivity contribution in [2.45, 2.75) is 6.54 Å². The molecule has 6 nitrogen and oxygen atoms in total. The van der Waals surface area contributed by atoms with Crippen molar-refractivity contribution in [2.75, 3.05) is 20.2 Å². The summed E-state index contributed by atoms with van der Waals surface area (Å²) >= 11 is 11.8. The number of benzene rings is 2. The average molecular weight is 405 g/mol. The molecule has 3 aromatic rings. The predicted molar refractivity (Wildman–Crippen MR) is 105 cm³/mol. The third-order valence-electron chi connectivity index (χ3n) is 3.85. The van der Waals surface area contributed by atoms with E-state index in [1.807, 2.05) is 25.2 Å². The van der Waals surface area contributed by atoms with Crippen molar-refractivity contribution in [3.8, 4) is 23.0 Å². The van der Waals surface area contributed by atoms with E-state index >= 15 is 0 Å². The number of likely N-dealkylation sites (N-methyl/N-ethyl adjacent to an activating group) is 1. The third-order valence-corrected chi connectivity index (χ3v) is 4.43. The van der Waals surface area contributed by atoms with Crippen LogP contribution in [0.1, 0.15) is 5.56 Å². The van der Waals surface area contributed by atoms with Crippen LogP contribution in [0.2, 0.25) is 10.0 Å². The Bertz CT molecular complexity index is 869. The standard InChI is InChI=1S/C19H18Cl2N4O2/c1-25(12-13-5-3-2-4-6-13)7-8-27-19-22-11-17(23-24-19)14-9-15(20)18(26)16(21)10-14/h2-6,9-11,26H,7-8,12H2,1H3. The van der Waals surface area contributed by atoms with E-state index in [0.29, 0.717) is 17.9 Å². The van der Waals surface area contributed by atoms with Gasteiger partial charge in [0.2, 0.25) is 0 Å². The molecule has 1 heterocycles. The lowest BCUT2D eigenvalue weighted by molar-refractivity contribution is 0.219. The molecule has 0 aliphatic rings. The summed E-state index contributed by atoms with van der Waals surface area (Å²) in [6, 6.07) is 13.5. The lowest BCUT2D eigenvalue weighted by atomic mass is 10.1. The van der Waals surface area contributed by atoms with Gasteiger partial charge in [0, 0.05) is 18.7 Å². The fourth-order valence-corrected chi connectivity index (χ4v) is 2.93. The van der Waals surface area contributed by atoms with Crippen molar-refractivity contribution in [2.24, 2.45) is 0 Å². The summed E-state index contributed by atoms with van der Waals surface area (Å²) in [5, 5.41) is 17.9. The van der Waals surface area contributed by atoms with Gasteiger partial charge in [0.15, 0.2) is 5.75 Å². The highest BCUT2D eigenvalue weighted by Gasteiger charge is 2.10. The Kier molecular flexibility index (Phi) is 6.45. The highest BCUT2D eigenvalue weighted by Crippen LogP contribution is 2.35. The average Bonchev–Trinajstić information content (AvgIpc) is 2.67. The molecule has 1 N–H and O–H groups in total. The van der Waals surface area contributed by atoms with Crippen LogP contribution in [0.15, 0.2) is 48.7 Å². The Morgan fingerprint density at radius 3 is 2.41 bits per heavy atom. The van der Waals surface area contributed by atoms with Gasteiger partial charge in [-0.25, -0.2) is 4.98 Å². The fourth-order valence-electron chi connectivity index (χ4n) is 2.44. The van der Waals surface area contributed by atoms with Crippen LogP contribution >= 0.6 is 23.2 Å². The maximum atomic E-state index is 9.62. The van der Waals surface area contributed by atoms with Gasteiger partial charge in [0.1, 0.15) is 12.3 Å². The van der Waals surface area contributed by atoms with Crippen LogP contribution in [-0.2, 0) is 6.54 Å². The molecule has 0 saturated heterocycles. The van der Waals surface area contributed by atoms with Crippen LogP contribution in [0.4, 0.5) is 0 Å². The third kappa shape index (κ3) is 5.29. The van der Waals surface area contributed by atoms with Gasteiger partial charge >= 0.3 is 6.01 Å². The van der Waals surface area contributed by atoms with Gasteiger partial charge in [-0.2, -0.15) is 0 Å². The molecule has 8 heteroatoms. The van der Waals surface area contributed by atoms with Crippen molar-refractivity contribution >= 4 is 23.2 Å². The summed E-state index contributed by atoms with van der Waals surface area (Å²) in [5.74, 6) is -0.164. The minimum absolute atomic E-state index is 0.140. The van der Waals surface area contributed by atoms with Gasteiger partial charge in [-0.05, 0) is 24.7 Å². The predicted octanol–water partition coefficient (Wildman–Crippen LogP) is 4.06. The van der Waals surface area contributed by atoms with Crippen LogP contribution in [0, 0.1) is 0 Å². The van der Waals surface area contributed by atoms with Crippen LogP contribution in [0.3, 0.4) is 0 Å². The second-order valence-electron chi connectivity index (χ2n) is 5.99. The number of aromatic nitrogens is 3. The van der Waals surface area contributed by atoms with Crippen LogP contribution in [0.5, 0.6) is 11.8 Å². The number of aromatic hydroxyl groups is 1. The number of nitrogens with zero attached hydrogens (tertiary/aromatic N) is 4. The van der Waals surface area contributed by atoms with Gasteiger partial charge in [-0.3, -0.25) is 4.90 Å². The highest BCUT2D eigenvalue weighted by molar-refractivity contribution is 6.37. The van der Waals surface area contributed by atoms with Gasteiger partial charge in [0.05, 0.1) is 16.2 Å². The number of phenols is 1. The van der Waals surface area contributed by atoms with E-state index in [-0.39, 0.29) is 21.8 Å². The number of ether oxygens (including phenoxy) is 1. The SMILES string of the molecule is CN(CCOc1ncc(-c2cc(Cl)c(O)c(Cl)c2)nn1)Cc1ccccc1. The summed E-state index contributed by atoms with van der Waals surface area (Å²) in [4.78, 5) is 6.31. The van der Waals surface area contributed by atoms with E-state index in [0.717, 1.165) is 13.1 Å². The van der Waals surface area contributed by atoms with Crippen molar-refractivity contribution < 1.29 is 9.84 Å². The van der Waals surface area contributed by atoms with Crippen LogP contribution in [0.25, 0.3) is 11.3 Å². The molecule has 0 radical (unpaired) electrons. The quantitative estimate of drug-likeness (QED) is 0.639. The summed E-state index contributed by atoms with van der Waals surface area (Å²) in [5.41, 5.74) is 2.33. The lowest BCUT2D eigenvalue weighted by Gasteiger charge is -2.16. The molecule has 0 spiro atoms. The first kappa shape index (κ1) is 19.4. The van der Waals surface area contributed by atoms with E-state index in [1.54, 1.807) is 12.1 Å². The van der Waals surface area contributed by atoms with Crippen molar-refractivity contribution in [3.63, 3.8) is 0 Å². The normalized spacial score (nSPS) is 11.0.